The van der Waals surface area contributed by atoms with Crippen LogP contribution in [0.1, 0.15) is 39.3 Å². The lowest BCUT2D eigenvalue weighted by Gasteiger charge is -2.27. The molecule has 0 radical (unpaired) electrons. The summed E-state index contributed by atoms with van der Waals surface area (Å²) in [4.78, 5) is 63.2. The van der Waals surface area contributed by atoms with E-state index in [1.807, 2.05) is 0 Å². The number of methoxy groups -OCH3 is 1. The minimum Gasteiger partial charge on any atom is -0.495 e. The minimum atomic E-state index is -4.19. The van der Waals surface area contributed by atoms with E-state index in [0.717, 1.165) is 4.90 Å². The molecule has 4 N–H and O–H groups in total. The molecule has 0 spiro atoms. The topological polar surface area (TPSA) is 215 Å². The third-order valence-corrected chi connectivity index (χ3v) is 9.87. The van der Waals surface area contributed by atoms with Gasteiger partial charge in [-0.05, 0) is 55.8 Å². The van der Waals surface area contributed by atoms with E-state index >= 15 is 0 Å². The van der Waals surface area contributed by atoms with Crippen molar-refractivity contribution in [3.63, 3.8) is 0 Å². The average molecular weight is 770 g/mol. The molecule has 260 valence electrons. The van der Waals surface area contributed by atoms with Crippen LogP contribution >= 0.6 is 15.9 Å². The molecule has 4 aromatic rings. The molecule has 6 rings (SSSR count). The molecule has 1 fully saturated rings. The molecule has 5 amide bonds. The molecule has 1 saturated heterocycles. The molecule has 16 nitrogen and oxygen atoms in total. The van der Waals surface area contributed by atoms with Gasteiger partial charge < -0.3 is 24.6 Å². The first-order valence-corrected chi connectivity index (χ1v) is 17.4. The lowest BCUT2D eigenvalue weighted by Crippen LogP contribution is -2.54. The molecule has 2 aliphatic rings. The number of ether oxygens (including phenoxy) is 2. The zero-order chi connectivity index (χ0) is 35.7. The fourth-order valence-corrected chi connectivity index (χ4v) is 7.30. The van der Waals surface area contributed by atoms with Crippen LogP contribution in [-0.2, 0) is 24.4 Å². The van der Waals surface area contributed by atoms with E-state index in [1.165, 1.54) is 43.5 Å². The summed E-state index contributed by atoms with van der Waals surface area (Å²) in [6.45, 7) is 1.59. The number of nitrogens with zero attached hydrogens (tertiary/aromatic N) is 2. The van der Waals surface area contributed by atoms with Gasteiger partial charge in [0.25, 0.3) is 27.7 Å². The molecule has 1 atom stereocenters. The fourth-order valence-electron chi connectivity index (χ4n) is 5.53. The van der Waals surface area contributed by atoms with Gasteiger partial charge in [-0.15, -0.1) is 0 Å². The predicted molar refractivity (Wildman–Crippen MR) is 180 cm³/mol. The normalized spacial score (nSPS) is 15.9. The van der Waals surface area contributed by atoms with Crippen LogP contribution in [0, 0.1) is 6.92 Å². The van der Waals surface area contributed by atoms with Crippen molar-refractivity contribution in [3.05, 3.63) is 69.8 Å². The van der Waals surface area contributed by atoms with Gasteiger partial charge in [0.15, 0.2) is 12.2 Å². The molecule has 3 aromatic carbocycles. The number of carbonyl (C=O) groups excluding carboxylic acids is 5. The number of imide groups is 2. The lowest BCUT2D eigenvalue weighted by atomic mass is 10.0. The number of hydrogen-bond donors (Lipinski definition) is 4. The number of amides is 5. The first kappa shape index (κ1) is 34.4. The maximum Gasteiger partial charge on any atom is 0.265 e. The standard InChI is InChI=1S/C32H29BrN6O10S/c1-16-20-13-22(38-50(45,46)27-11-17(33)3-7-24(27)47-2)26(14-25(20)49-37-16)48-15-29(41)35-10-9-34-18-4-5-19-21(12-18)32(44)39(31(19)43)23-6-8-28(40)36-30(23)42/h3-5,7,11-14,23,34,38H,6,8-10,15H2,1-2H3,(H,35,41)(H,36,40,42). The van der Waals surface area contributed by atoms with E-state index in [-0.39, 0.29) is 59.1 Å². The molecular weight excluding hydrogens is 740 g/mol. The summed E-state index contributed by atoms with van der Waals surface area (Å²) >= 11 is 3.28. The Morgan fingerprint density at radius 2 is 1.82 bits per heavy atom. The second kappa shape index (κ2) is 13.8. The van der Waals surface area contributed by atoms with Crippen LogP contribution in [0.3, 0.4) is 0 Å². The molecular formula is C32H29BrN6O10S. The van der Waals surface area contributed by atoms with Crippen LogP contribution in [-0.4, -0.2) is 80.9 Å². The Bertz CT molecular complexity index is 2190. The molecule has 0 bridgehead atoms. The van der Waals surface area contributed by atoms with Crippen LogP contribution in [0.4, 0.5) is 11.4 Å². The van der Waals surface area contributed by atoms with Gasteiger partial charge in [0, 0.05) is 41.1 Å². The van der Waals surface area contributed by atoms with Gasteiger partial charge in [-0.2, -0.15) is 0 Å². The predicted octanol–water partition coefficient (Wildman–Crippen LogP) is 2.72. The highest BCUT2D eigenvalue weighted by molar-refractivity contribution is 9.10. The van der Waals surface area contributed by atoms with Crippen molar-refractivity contribution in [2.75, 3.05) is 36.8 Å². The number of sulfonamides is 1. The van der Waals surface area contributed by atoms with Gasteiger partial charge in [-0.1, -0.05) is 21.1 Å². The third kappa shape index (κ3) is 6.84. The molecule has 1 aromatic heterocycles. The zero-order valence-corrected chi connectivity index (χ0v) is 28.9. The smallest absolute Gasteiger partial charge is 0.265 e. The Morgan fingerprint density at radius 3 is 2.58 bits per heavy atom. The highest BCUT2D eigenvalue weighted by Gasteiger charge is 2.44. The number of benzene rings is 3. The maximum atomic E-state index is 13.4. The van der Waals surface area contributed by atoms with Crippen LogP contribution < -0.4 is 30.1 Å². The number of carbonyl (C=O) groups is 5. The number of hydrogen-bond acceptors (Lipinski definition) is 12. The second-order valence-electron chi connectivity index (χ2n) is 11.3. The van der Waals surface area contributed by atoms with Gasteiger partial charge in [0.05, 0.1) is 29.6 Å². The number of nitrogens with one attached hydrogen (secondary N) is 4. The Labute approximate surface area is 293 Å². The van der Waals surface area contributed by atoms with Crippen molar-refractivity contribution in [2.24, 2.45) is 0 Å². The summed E-state index contributed by atoms with van der Waals surface area (Å²) in [6, 6.07) is 11.0. The molecule has 3 heterocycles. The number of anilines is 2. The van der Waals surface area contributed by atoms with Gasteiger partial charge in [-0.25, -0.2) is 8.42 Å². The van der Waals surface area contributed by atoms with Crippen LogP contribution in [0.5, 0.6) is 11.5 Å². The number of piperidine rings is 1. The minimum absolute atomic E-state index is 0.0168. The van der Waals surface area contributed by atoms with E-state index < -0.39 is 52.2 Å². The molecule has 2 aliphatic heterocycles. The molecule has 18 heteroatoms. The highest BCUT2D eigenvalue weighted by Crippen LogP contribution is 2.36. The van der Waals surface area contributed by atoms with Crippen molar-refractivity contribution < 1.29 is 46.4 Å². The Hall–Kier alpha value is -5.49. The van der Waals surface area contributed by atoms with Crippen molar-refractivity contribution in [1.29, 1.82) is 0 Å². The fraction of sp³-hybridized carbons (Fsp3) is 0.250. The average Bonchev–Trinajstić information content (AvgIpc) is 3.56. The van der Waals surface area contributed by atoms with Crippen molar-refractivity contribution in [3.8, 4) is 11.5 Å². The Balaban J connectivity index is 1.07. The summed E-state index contributed by atoms with van der Waals surface area (Å²) in [5.74, 6) is -2.78. The maximum absolute atomic E-state index is 13.4. The van der Waals surface area contributed by atoms with Crippen LogP contribution in [0.15, 0.2) is 62.4 Å². The highest BCUT2D eigenvalue weighted by atomic mass is 79.9. The summed E-state index contributed by atoms with van der Waals surface area (Å²) in [5.41, 5.74) is 1.64. The van der Waals surface area contributed by atoms with Gasteiger partial charge in [0.1, 0.15) is 22.4 Å². The number of aromatic nitrogens is 1. The summed E-state index contributed by atoms with van der Waals surface area (Å²) in [6.07, 6.45) is 0.0724. The molecule has 50 heavy (non-hydrogen) atoms. The van der Waals surface area contributed by atoms with Gasteiger partial charge in [0.2, 0.25) is 11.8 Å². The quantitative estimate of drug-likeness (QED) is 0.121. The van der Waals surface area contributed by atoms with E-state index in [1.54, 1.807) is 19.1 Å². The van der Waals surface area contributed by atoms with Crippen molar-refractivity contribution in [1.82, 2.24) is 20.7 Å². The summed E-state index contributed by atoms with van der Waals surface area (Å²) in [5, 5.41) is 12.4. The van der Waals surface area contributed by atoms with E-state index in [9.17, 15) is 32.4 Å². The van der Waals surface area contributed by atoms with Crippen molar-refractivity contribution in [2.45, 2.75) is 30.7 Å². The first-order chi connectivity index (χ1) is 23.9. The molecule has 0 saturated carbocycles. The van der Waals surface area contributed by atoms with Crippen molar-refractivity contribution >= 4 is 77.8 Å². The number of halogens is 1. The monoisotopic (exact) mass is 768 g/mol. The Kier molecular flexibility index (Phi) is 9.48. The van der Waals surface area contributed by atoms with E-state index in [4.69, 9.17) is 14.0 Å². The summed E-state index contributed by atoms with van der Waals surface area (Å²) < 4.78 is 46.2. The molecule has 1 unspecified atom stereocenters. The first-order valence-electron chi connectivity index (χ1n) is 15.1. The number of fused-ring (bicyclic) bond motifs is 2. The van der Waals surface area contributed by atoms with Crippen LogP contribution in [0.2, 0.25) is 0 Å². The third-order valence-electron chi connectivity index (χ3n) is 7.99. The van der Waals surface area contributed by atoms with Gasteiger partial charge in [-0.3, -0.25) is 38.9 Å². The lowest BCUT2D eigenvalue weighted by molar-refractivity contribution is -0.136. The van der Waals surface area contributed by atoms with Gasteiger partial charge >= 0.3 is 0 Å². The second-order valence-corrected chi connectivity index (χ2v) is 13.9. The molecule has 0 aliphatic carbocycles. The number of rotatable bonds is 12. The zero-order valence-electron chi connectivity index (χ0n) is 26.5. The van der Waals surface area contributed by atoms with Crippen LogP contribution in [0.25, 0.3) is 11.0 Å². The SMILES string of the molecule is COc1ccc(Br)cc1S(=O)(=O)Nc1cc2c(C)noc2cc1OCC(=O)NCCNc1ccc2c(c1)C(=O)N(C1CCC(=O)NC1=O)C2=O. The number of aryl methyl sites for hydroxylation is 1. The van der Waals surface area contributed by atoms with E-state index in [2.05, 4.69) is 41.8 Å². The Morgan fingerprint density at radius 1 is 1.04 bits per heavy atom. The van der Waals surface area contributed by atoms with E-state index in [0.29, 0.717) is 26.8 Å². The largest absolute Gasteiger partial charge is 0.495 e. The summed E-state index contributed by atoms with van der Waals surface area (Å²) in [7, 11) is -2.84.